The molecule has 5 nitrogen and oxygen atoms in total. The molecule has 1 aliphatic heterocycles. The minimum atomic E-state index is -0.806. The second-order valence-corrected chi connectivity index (χ2v) is 11.6. The third kappa shape index (κ3) is 5.13. The zero-order valence-corrected chi connectivity index (χ0v) is 22.2. The first-order valence-electron chi connectivity index (χ1n) is 12.5. The van der Waals surface area contributed by atoms with E-state index in [2.05, 4.69) is 32.6 Å². The Morgan fingerprint density at radius 3 is 2.33 bits per heavy atom. The van der Waals surface area contributed by atoms with Crippen molar-refractivity contribution in [2.75, 3.05) is 6.61 Å². The lowest BCUT2D eigenvalue weighted by atomic mass is 9.71. The van der Waals surface area contributed by atoms with E-state index in [4.69, 9.17) is 9.47 Å². The summed E-state index contributed by atoms with van der Waals surface area (Å²) in [6.45, 7) is 19.4. The summed E-state index contributed by atoms with van der Waals surface area (Å²) in [5, 5.41) is 0. The Balaban J connectivity index is 2.08. The van der Waals surface area contributed by atoms with E-state index in [0.717, 1.165) is 40.7 Å². The van der Waals surface area contributed by atoms with Gasteiger partial charge in [0.05, 0.1) is 18.6 Å². The number of amides is 1. The molecule has 1 amide bonds. The molecule has 0 N–H and O–H groups in total. The van der Waals surface area contributed by atoms with E-state index < -0.39 is 11.7 Å². The maximum absolute atomic E-state index is 13.4. The van der Waals surface area contributed by atoms with Gasteiger partial charge in [-0.3, -0.25) is 4.79 Å². The van der Waals surface area contributed by atoms with Crippen LogP contribution < -0.4 is 0 Å². The Bertz CT molecular complexity index is 925. The van der Waals surface area contributed by atoms with Gasteiger partial charge in [0.2, 0.25) is 5.91 Å². The molecule has 1 aromatic carbocycles. The fourth-order valence-electron chi connectivity index (χ4n) is 5.82. The Morgan fingerprint density at radius 1 is 1.09 bits per heavy atom. The molecule has 1 saturated carbocycles. The number of esters is 1. The normalized spacial score (nSPS) is 21.5. The number of fused-ring (bicyclic) bond motifs is 1. The Kier molecular flexibility index (Phi) is 7.33. The van der Waals surface area contributed by atoms with Gasteiger partial charge >= 0.3 is 5.97 Å². The summed E-state index contributed by atoms with van der Waals surface area (Å²) in [6.07, 6.45) is 4.24. The predicted octanol–water partition coefficient (Wildman–Crippen LogP) is 5.88. The van der Waals surface area contributed by atoms with Crippen molar-refractivity contribution in [2.45, 2.75) is 119 Å². The molecule has 0 bridgehead atoms. The van der Waals surface area contributed by atoms with Gasteiger partial charge in [-0.25, -0.2) is 4.79 Å². The maximum Gasteiger partial charge on any atom is 0.339 e. The molecule has 0 radical (unpaired) electrons. The summed E-state index contributed by atoms with van der Waals surface area (Å²) in [4.78, 5) is 28.6. The molecule has 184 valence electrons. The van der Waals surface area contributed by atoms with Crippen LogP contribution in [0.2, 0.25) is 0 Å². The molecule has 5 heteroatoms. The predicted molar refractivity (Wildman–Crippen MR) is 131 cm³/mol. The van der Waals surface area contributed by atoms with Gasteiger partial charge in [-0.05, 0) is 100 Å². The molecule has 2 aliphatic rings. The van der Waals surface area contributed by atoms with E-state index in [1.165, 1.54) is 18.4 Å². The zero-order valence-electron chi connectivity index (χ0n) is 22.2. The summed E-state index contributed by atoms with van der Waals surface area (Å²) >= 11 is 0. The molecule has 2 atom stereocenters. The summed E-state index contributed by atoms with van der Waals surface area (Å²) in [5.74, 6) is -0.171. The first kappa shape index (κ1) is 25.7. The van der Waals surface area contributed by atoms with Crippen LogP contribution in [0.25, 0.3) is 0 Å². The van der Waals surface area contributed by atoms with Crippen LogP contribution in [0.3, 0.4) is 0 Å². The molecule has 3 rings (SSSR count). The second kappa shape index (κ2) is 9.40. The highest BCUT2D eigenvalue weighted by Gasteiger charge is 2.42. The minimum Gasteiger partial charge on any atom is -0.464 e. The summed E-state index contributed by atoms with van der Waals surface area (Å²) in [5.41, 5.74) is 6.00. The van der Waals surface area contributed by atoms with E-state index in [-0.39, 0.29) is 23.3 Å². The van der Waals surface area contributed by atoms with Crippen molar-refractivity contribution < 1.29 is 19.1 Å². The fourth-order valence-corrected chi connectivity index (χ4v) is 5.82. The van der Waals surface area contributed by atoms with E-state index in [0.29, 0.717) is 19.6 Å². The van der Waals surface area contributed by atoms with Gasteiger partial charge in [0.15, 0.2) is 6.10 Å². The van der Waals surface area contributed by atoms with Crippen LogP contribution in [-0.4, -0.2) is 35.0 Å². The van der Waals surface area contributed by atoms with Gasteiger partial charge in [-0.2, -0.15) is 0 Å². The monoisotopic (exact) mass is 457 g/mol. The number of hydrogen-bond donors (Lipinski definition) is 0. The van der Waals surface area contributed by atoms with Gasteiger partial charge in [0.1, 0.15) is 0 Å². The Morgan fingerprint density at radius 2 is 1.76 bits per heavy atom. The number of benzene rings is 1. The van der Waals surface area contributed by atoms with E-state index in [1.54, 1.807) is 0 Å². The van der Waals surface area contributed by atoms with Crippen LogP contribution in [-0.2, 0) is 32.0 Å². The maximum atomic E-state index is 13.4. The van der Waals surface area contributed by atoms with Crippen molar-refractivity contribution in [3.05, 3.63) is 33.4 Å². The van der Waals surface area contributed by atoms with Gasteiger partial charge in [0.25, 0.3) is 0 Å². The molecule has 1 heterocycles. The van der Waals surface area contributed by atoms with Crippen LogP contribution >= 0.6 is 0 Å². The van der Waals surface area contributed by atoms with E-state index in [1.807, 2.05) is 34.6 Å². The van der Waals surface area contributed by atoms with Gasteiger partial charge < -0.3 is 14.4 Å². The molecular weight excluding hydrogens is 414 g/mol. The van der Waals surface area contributed by atoms with Crippen LogP contribution in [0.5, 0.6) is 0 Å². The third-order valence-corrected chi connectivity index (χ3v) is 7.68. The first-order valence-corrected chi connectivity index (χ1v) is 12.5. The smallest absolute Gasteiger partial charge is 0.339 e. The lowest BCUT2D eigenvalue weighted by molar-refractivity contribution is -0.167. The van der Waals surface area contributed by atoms with Crippen molar-refractivity contribution >= 4 is 11.9 Å². The van der Waals surface area contributed by atoms with Crippen molar-refractivity contribution in [1.29, 1.82) is 0 Å². The van der Waals surface area contributed by atoms with Crippen molar-refractivity contribution in [2.24, 2.45) is 5.41 Å². The SMILES string of the molecule is CCOC(=O)[C@@H](OC(C)(C)C)c1c(C)c(C)c2c(c1C)CC(=O)N(C1CCCCC1(C)C)C2. The topological polar surface area (TPSA) is 55.8 Å². The summed E-state index contributed by atoms with van der Waals surface area (Å²) in [7, 11) is 0. The number of ether oxygens (including phenoxy) is 2. The molecular formula is C28H43NO4. The van der Waals surface area contributed by atoms with Crippen LogP contribution in [0, 0.1) is 26.2 Å². The number of hydrogen-bond acceptors (Lipinski definition) is 4. The highest BCUT2D eigenvalue weighted by molar-refractivity contribution is 5.84. The van der Waals surface area contributed by atoms with Crippen molar-refractivity contribution in [1.82, 2.24) is 4.90 Å². The van der Waals surface area contributed by atoms with Gasteiger partial charge in [-0.15, -0.1) is 0 Å². The van der Waals surface area contributed by atoms with Crippen LogP contribution in [0.1, 0.15) is 107 Å². The number of nitrogens with zero attached hydrogens (tertiary/aromatic N) is 1. The minimum absolute atomic E-state index is 0.138. The molecule has 0 saturated heterocycles. The number of carbonyl (C=O) groups is 2. The molecule has 33 heavy (non-hydrogen) atoms. The van der Waals surface area contributed by atoms with Crippen LogP contribution in [0.15, 0.2) is 0 Å². The summed E-state index contributed by atoms with van der Waals surface area (Å²) in [6, 6.07) is 0.281. The molecule has 1 aromatic rings. The summed E-state index contributed by atoms with van der Waals surface area (Å²) < 4.78 is 11.6. The van der Waals surface area contributed by atoms with Crippen molar-refractivity contribution in [3.63, 3.8) is 0 Å². The highest BCUT2D eigenvalue weighted by Crippen LogP contribution is 2.43. The lowest BCUT2D eigenvalue weighted by Crippen LogP contribution is -2.52. The third-order valence-electron chi connectivity index (χ3n) is 7.68. The van der Waals surface area contributed by atoms with Gasteiger partial charge in [-0.1, -0.05) is 26.7 Å². The first-order chi connectivity index (χ1) is 15.3. The van der Waals surface area contributed by atoms with Crippen LogP contribution in [0.4, 0.5) is 0 Å². The average Bonchev–Trinajstić information content (AvgIpc) is 2.70. The standard InChI is InChI=1S/C28H43NO4/c1-10-32-26(31)25(33-27(5,6)7)24-18(3)17(2)21-16-29(23(30)15-20(21)19(24)4)22-13-11-12-14-28(22,8)9/h22,25H,10-16H2,1-9H3/t22?,25-/m0/s1. The number of carbonyl (C=O) groups excluding carboxylic acids is 2. The second-order valence-electron chi connectivity index (χ2n) is 11.6. The molecule has 1 unspecified atom stereocenters. The molecule has 0 aromatic heterocycles. The highest BCUT2D eigenvalue weighted by atomic mass is 16.6. The fraction of sp³-hybridized carbons (Fsp3) is 0.714. The lowest BCUT2D eigenvalue weighted by Gasteiger charge is -2.47. The van der Waals surface area contributed by atoms with E-state index >= 15 is 0 Å². The zero-order chi connectivity index (χ0) is 24.7. The van der Waals surface area contributed by atoms with Gasteiger partial charge in [0, 0.05) is 12.6 Å². The Labute approximate surface area is 200 Å². The largest absolute Gasteiger partial charge is 0.464 e. The van der Waals surface area contributed by atoms with Crippen molar-refractivity contribution in [3.8, 4) is 0 Å². The van der Waals surface area contributed by atoms with E-state index in [9.17, 15) is 9.59 Å². The average molecular weight is 458 g/mol. The molecule has 1 aliphatic carbocycles. The molecule has 0 spiro atoms. The Hall–Kier alpha value is -1.88. The number of rotatable bonds is 5. The molecule has 1 fully saturated rings. The quantitative estimate of drug-likeness (QED) is 0.518.